The minimum absolute atomic E-state index is 0.250. The first-order valence-electron chi connectivity index (χ1n) is 7.31. The number of ether oxygens (including phenoxy) is 1. The van der Waals surface area contributed by atoms with E-state index in [9.17, 15) is 4.79 Å². The Labute approximate surface area is 144 Å². The monoisotopic (exact) mass is 353 g/mol. The molecule has 23 heavy (non-hydrogen) atoms. The lowest BCUT2D eigenvalue weighted by atomic mass is 10.2. The summed E-state index contributed by atoms with van der Waals surface area (Å²) in [5, 5.41) is 3.59. The van der Waals surface area contributed by atoms with Gasteiger partial charge in [-0.15, -0.1) is 0 Å². The van der Waals surface area contributed by atoms with Crippen molar-refractivity contribution in [1.82, 2.24) is 4.57 Å². The molecule has 2 aromatic rings. The molecule has 0 saturated carbocycles. The lowest BCUT2D eigenvalue weighted by Crippen LogP contribution is -2.36. The van der Waals surface area contributed by atoms with Crippen LogP contribution in [-0.2, 0) is 11.8 Å². The van der Waals surface area contributed by atoms with E-state index >= 15 is 0 Å². The maximum absolute atomic E-state index is 12.4. The first-order chi connectivity index (χ1) is 11.1. The molecule has 2 heterocycles. The zero-order chi connectivity index (χ0) is 16.4. The van der Waals surface area contributed by atoms with Crippen LogP contribution in [0.2, 0.25) is 10.2 Å². The highest BCUT2D eigenvalue weighted by molar-refractivity contribution is 6.42. The highest BCUT2D eigenvalue weighted by Gasteiger charge is 2.17. The molecule has 1 aliphatic rings. The number of anilines is 2. The fourth-order valence-corrected chi connectivity index (χ4v) is 2.93. The Morgan fingerprint density at radius 3 is 2.61 bits per heavy atom. The van der Waals surface area contributed by atoms with E-state index in [1.165, 1.54) is 0 Å². The topological polar surface area (TPSA) is 46.5 Å². The Kier molecular flexibility index (Phi) is 4.80. The van der Waals surface area contributed by atoms with Crippen LogP contribution in [-0.4, -0.2) is 36.8 Å². The van der Waals surface area contributed by atoms with E-state index in [4.69, 9.17) is 27.9 Å². The van der Waals surface area contributed by atoms with Gasteiger partial charge in [0.15, 0.2) is 0 Å². The van der Waals surface area contributed by atoms with Gasteiger partial charge in [0.25, 0.3) is 5.91 Å². The summed E-state index contributed by atoms with van der Waals surface area (Å²) >= 11 is 12.0. The highest BCUT2D eigenvalue weighted by Crippen LogP contribution is 2.26. The molecule has 0 aliphatic carbocycles. The molecule has 1 amide bonds. The van der Waals surface area contributed by atoms with Gasteiger partial charge in [-0.05, 0) is 24.3 Å². The SMILES string of the molecule is Cn1c(C(=O)Nc2cccc(N3CCOCC3)c2)cc(Cl)c1Cl. The number of halogens is 2. The average Bonchev–Trinajstić information content (AvgIpc) is 2.83. The molecule has 1 aliphatic heterocycles. The Hall–Kier alpha value is -1.69. The van der Waals surface area contributed by atoms with Crippen molar-refractivity contribution in [3.05, 3.63) is 46.2 Å². The largest absolute Gasteiger partial charge is 0.378 e. The van der Waals surface area contributed by atoms with Gasteiger partial charge in [0.05, 0.1) is 18.2 Å². The average molecular weight is 354 g/mol. The first kappa shape index (κ1) is 16.2. The highest BCUT2D eigenvalue weighted by atomic mass is 35.5. The minimum atomic E-state index is -0.250. The van der Waals surface area contributed by atoms with Crippen molar-refractivity contribution < 1.29 is 9.53 Å². The number of nitrogens with zero attached hydrogens (tertiary/aromatic N) is 2. The summed E-state index contributed by atoms with van der Waals surface area (Å²) < 4.78 is 6.92. The summed E-state index contributed by atoms with van der Waals surface area (Å²) in [6.07, 6.45) is 0. The fourth-order valence-electron chi connectivity index (χ4n) is 2.56. The standard InChI is InChI=1S/C16H17Cl2N3O2/c1-20-14(10-13(17)15(20)18)16(22)19-11-3-2-4-12(9-11)21-5-7-23-8-6-21/h2-4,9-10H,5-8H2,1H3,(H,19,22). The molecule has 0 radical (unpaired) electrons. The number of carbonyl (C=O) groups excluding carboxylic acids is 1. The van der Waals surface area contributed by atoms with Crippen LogP contribution in [0.4, 0.5) is 11.4 Å². The van der Waals surface area contributed by atoms with Crippen LogP contribution in [0.3, 0.4) is 0 Å². The zero-order valence-corrected chi connectivity index (χ0v) is 14.2. The van der Waals surface area contributed by atoms with Crippen LogP contribution in [0.1, 0.15) is 10.5 Å². The second kappa shape index (κ2) is 6.83. The molecule has 1 aromatic heterocycles. The second-order valence-corrected chi connectivity index (χ2v) is 6.10. The van der Waals surface area contributed by atoms with Gasteiger partial charge >= 0.3 is 0 Å². The number of benzene rings is 1. The van der Waals surface area contributed by atoms with Gasteiger partial charge in [-0.3, -0.25) is 4.79 Å². The quantitative estimate of drug-likeness (QED) is 0.919. The molecule has 1 saturated heterocycles. The predicted octanol–water partition coefficient (Wildman–Crippen LogP) is 3.42. The van der Waals surface area contributed by atoms with Crippen LogP contribution in [0.5, 0.6) is 0 Å². The van der Waals surface area contributed by atoms with Gasteiger partial charge < -0.3 is 19.5 Å². The van der Waals surface area contributed by atoms with Crippen LogP contribution >= 0.6 is 23.2 Å². The maximum atomic E-state index is 12.4. The van der Waals surface area contributed by atoms with Gasteiger partial charge in [-0.25, -0.2) is 0 Å². The van der Waals surface area contributed by atoms with E-state index in [0.717, 1.165) is 37.7 Å². The van der Waals surface area contributed by atoms with Crippen molar-refractivity contribution in [3.63, 3.8) is 0 Å². The molecule has 0 atom stereocenters. The Morgan fingerprint density at radius 2 is 1.96 bits per heavy atom. The van der Waals surface area contributed by atoms with Crippen molar-refractivity contribution in [2.24, 2.45) is 7.05 Å². The summed E-state index contributed by atoms with van der Waals surface area (Å²) in [5.41, 5.74) is 2.21. The minimum Gasteiger partial charge on any atom is -0.378 e. The molecule has 7 heteroatoms. The first-order valence-corrected chi connectivity index (χ1v) is 8.06. The number of carbonyl (C=O) groups is 1. The van der Waals surface area contributed by atoms with E-state index in [2.05, 4.69) is 10.2 Å². The Morgan fingerprint density at radius 1 is 1.22 bits per heavy atom. The number of hydrogen-bond donors (Lipinski definition) is 1. The lowest BCUT2D eigenvalue weighted by molar-refractivity contribution is 0.101. The summed E-state index contributed by atoms with van der Waals surface area (Å²) in [6.45, 7) is 3.13. The molecule has 1 fully saturated rings. The molecule has 122 valence electrons. The third kappa shape index (κ3) is 3.47. The van der Waals surface area contributed by atoms with Gasteiger partial charge in [0.2, 0.25) is 0 Å². The van der Waals surface area contributed by atoms with E-state index in [1.54, 1.807) is 17.7 Å². The van der Waals surface area contributed by atoms with Gasteiger partial charge in [-0.2, -0.15) is 0 Å². The Bertz CT molecular complexity index is 724. The molecule has 5 nitrogen and oxygen atoms in total. The molecular weight excluding hydrogens is 337 g/mol. The Balaban J connectivity index is 1.77. The molecular formula is C16H17Cl2N3O2. The predicted molar refractivity (Wildman–Crippen MR) is 92.9 cm³/mol. The van der Waals surface area contributed by atoms with Crippen molar-refractivity contribution in [2.75, 3.05) is 36.5 Å². The number of aromatic nitrogens is 1. The molecule has 1 N–H and O–H groups in total. The number of morpholine rings is 1. The van der Waals surface area contributed by atoms with Crippen LogP contribution in [0, 0.1) is 0 Å². The molecule has 1 aromatic carbocycles. The van der Waals surface area contributed by atoms with Crippen molar-refractivity contribution in [3.8, 4) is 0 Å². The van der Waals surface area contributed by atoms with Crippen molar-refractivity contribution in [1.29, 1.82) is 0 Å². The van der Waals surface area contributed by atoms with Crippen LogP contribution < -0.4 is 10.2 Å². The van der Waals surface area contributed by atoms with Crippen LogP contribution in [0.25, 0.3) is 0 Å². The summed E-state index contributed by atoms with van der Waals surface area (Å²) in [5.74, 6) is -0.250. The third-order valence-corrected chi connectivity index (χ3v) is 4.67. The number of rotatable bonds is 3. The van der Waals surface area contributed by atoms with Gasteiger partial charge in [-0.1, -0.05) is 29.3 Å². The third-order valence-electron chi connectivity index (χ3n) is 3.83. The molecule has 0 spiro atoms. The normalized spacial score (nSPS) is 14.8. The van der Waals surface area contributed by atoms with E-state index in [-0.39, 0.29) is 5.91 Å². The van der Waals surface area contributed by atoms with Gasteiger partial charge in [0.1, 0.15) is 10.8 Å². The fraction of sp³-hybridized carbons (Fsp3) is 0.312. The molecule has 3 rings (SSSR count). The maximum Gasteiger partial charge on any atom is 0.272 e. The van der Waals surface area contributed by atoms with Crippen molar-refractivity contribution in [2.45, 2.75) is 0 Å². The summed E-state index contributed by atoms with van der Waals surface area (Å²) in [4.78, 5) is 14.6. The number of amides is 1. The summed E-state index contributed by atoms with van der Waals surface area (Å²) in [7, 11) is 1.70. The summed E-state index contributed by atoms with van der Waals surface area (Å²) in [6, 6.07) is 9.32. The van der Waals surface area contributed by atoms with Gasteiger partial charge in [0, 0.05) is 31.5 Å². The lowest BCUT2D eigenvalue weighted by Gasteiger charge is -2.29. The van der Waals surface area contributed by atoms with Crippen molar-refractivity contribution >= 4 is 40.5 Å². The number of nitrogens with one attached hydrogen (secondary N) is 1. The second-order valence-electron chi connectivity index (χ2n) is 5.33. The molecule has 0 unspecified atom stereocenters. The smallest absolute Gasteiger partial charge is 0.272 e. The van der Waals surface area contributed by atoms with E-state index < -0.39 is 0 Å². The van der Waals surface area contributed by atoms with Crippen LogP contribution in [0.15, 0.2) is 30.3 Å². The number of hydrogen-bond acceptors (Lipinski definition) is 3. The van der Waals surface area contributed by atoms with E-state index in [0.29, 0.717) is 15.9 Å². The van der Waals surface area contributed by atoms with E-state index in [1.807, 2.05) is 24.3 Å². The zero-order valence-electron chi connectivity index (χ0n) is 12.7. The molecule has 0 bridgehead atoms.